The first-order chi connectivity index (χ1) is 6.52. The summed E-state index contributed by atoms with van der Waals surface area (Å²) in [6.07, 6.45) is 2.18. The molecule has 0 spiro atoms. The van der Waals surface area contributed by atoms with Crippen LogP contribution in [-0.2, 0) is 19.1 Å². The second-order valence-electron chi connectivity index (χ2n) is 3.23. The quantitative estimate of drug-likeness (QED) is 0.297. The van der Waals surface area contributed by atoms with Crippen molar-refractivity contribution in [3.8, 4) is 0 Å². The van der Waals surface area contributed by atoms with E-state index < -0.39 is 11.9 Å². The maximum absolute atomic E-state index is 11.1. The normalized spacial score (nSPS) is 9.50. The van der Waals surface area contributed by atoms with Crippen LogP contribution in [-0.4, -0.2) is 26.2 Å². The van der Waals surface area contributed by atoms with Gasteiger partial charge < -0.3 is 9.47 Å². The fourth-order valence-corrected chi connectivity index (χ4v) is 0.823. The molecule has 0 heterocycles. The Balaban J connectivity index is 4.63. The van der Waals surface area contributed by atoms with Crippen molar-refractivity contribution in [2.75, 3.05) is 14.2 Å². The van der Waals surface area contributed by atoms with E-state index in [1.54, 1.807) is 6.08 Å². The minimum Gasteiger partial charge on any atom is -0.465 e. The van der Waals surface area contributed by atoms with E-state index in [9.17, 15) is 9.59 Å². The summed E-state index contributed by atoms with van der Waals surface area (Å²) in [5.74, 6) is -0.936. The highest BCUT2D eigenvalue weighted by Crippen LogP contribution is 2.07. The molecule has 0 saturated carbocycles. The summed E-state index contributed by atoms with van der Waals surface area (Å²) >= 11 is 0. The standard InChI is InChI=1S/C10H16O4/c1-7(2)5-6-8(9(11)13-3)10(12)14-4/h6-7H,5H2,1-4H3. The van der Waals surface area contributed by atoms with Crippen LogP contribution in [0, 0.1) is 5.92 Å². The third kappa shape index (κ3) is 4.07. The van der Waals surface area contributed by atoms with Crippen LogP contribution in [0.15, 0.2) is 11.6 Å². The van der Waals surface area contributed by atoms with Crippen molar-refractivity contribution in [1.82, 2.24) is 0 Å². The van der Waals surface area contributed by atoms with Gasteiger partial charge in [-0.15, -0.1) is 0 Å². The first kappa shape index (κ1) is 12.7. The van der Waals surface area contributed by atoms with Gasteiger partial charge >= 0.3 is 11.9 Å². The minimum atomic E-state index is -0.655. The van der Waals surface area contributed by atoms with Crippen LogP contribution in [0.1, 0.15) is 20.3 Å². The zero-order valence-corrected chi connectivity index (χ0v) is 8.99. The Morgan fingerprint density at radius 1 is 1.14 bits per heavy atom. The predicted octanol–water partition coefficient (Wildman–Crippen LogP) is 1.30. The average molecular weight is 200 g/mol. The van der Waals surface area contributed by atoms with E-state index in [1.807, 2.05) is 13.8 Å². The van der Waals surface area contributed by atoms with Crippen LogP contribution in [0.5, 0.6) is 0 Å². The second-order valence-corrected chi connectivity index (χ2v) is 3.23. The lowest BCUT2D eigenvalue weighted by molar-refractivity contribution is -0.144. The number of hydrogen-bond donors (Lipinski definition) is 0. The second kappa shape index (κ2) is 6.18. The zero-order valence-electron chi connectivity index (χ0n) is 8.99. The molecule has 0 saturated heterocycles. The topological polar surface area (TPSA) is 52.6 Å². The van der Waals surface area contributed by atoms with Gasteiger partial charge in [0.25, 0.3) is 0 Å². The van der Waals surface area contributed by atoms with Crippen LogP contribution in [0.2, 0.25) is 0 Å². The van der Waals surface area contributed by atoms with Gasteiger partial charge in [-0.3, -0.25) is 0 Å². The molecule has 4 heteroatoms. The fraction of sp³-hybridized carbons (Fsp3) is 0.600. The largest absolute Gasteiger partial charge is 0.465 e. The van der Waals surface area contributed by atoms with E-state index in [4.69, 9.17) is 0 Å². The highest BCUT2D eigenvalue weighted by atomic mass is 16.5. The first-order valence-electron chi connectivity index (χ1n) is 4.39. The van der Waals surface area contributed by atoms with Crippen LogP contribution >= 0.6 is 0 Å². The maximum Gasteiger partial charge on any atom is 0.344 e. The molecule has 0 aromatic heterocycles. The molecule has 14 heavy (non-hydrogen) atoms. The smallest absolute Gasteiger partial charge is 0.344 e. The van der Waals surface area contributed by atoms with Crippen molar-refractivity contribution < 1.29 is 19.1 Å². The molecule has 0 aliphatic carbocycles. The van der Waals surface area contributed by atoms with E-state index >= 15 is 0 Å². The number of ether oxygens (including phenoxy) is 2. The van der Waals surface area contributed by atoms with Crippen LogP contribution < -0.4 is 0 Å². The number of rotatable bonds is 4. The number of hydrogen-bond acceptors (Lipinski definition) is 4. The molecule has 0 N–H and O–H groups in total. The van der Waals surface area contributed by atoms with Crippen LogP contribution in [0.4, 0.5) is 0 Å². The van der Waals surface area contributed by atoms with E-state index in [-0.39, 0.29) is 5.57 Å². The molecule has 0 atom stereocenters. The Labute approximate surface area is 83.9 Å². The van der Waals surface area contributed by atoms with Crippen molar-refractivity contribution >= 4 is 11.9 Å². The third-order valence-corrected chi connectivity index (χ3v) is 1.60. The molecule has 4 nitrogen and oxygen atoms in total. The lowest BCUT2D eigenvalue weighted by Crippen LogP contribution is -2.16. The molecule has 0 aromatic rings. The summed E-state index contributed by atoms with van der Waals surface area (Å²) in [4.78, 5) is 22.3. The third-order valence-electron chi connectivity index (χ3n) is 1.60. The molecule has 0 rings (SSSR count). The average Bonchev–Trinajstić information content (AvgIpc) is 2.16. The van der Waals surface area contributed by atoms with Gasteiger partial charge in [0.1, 0.15) is 5.57 Å². The van der Waals surface area contributed by atoms with E-state index in [0.717, 1.165) is 0 Å². The van der Waals surface area contributed by atoms with Crippen molar-refractivity contribution in [1.29, 1.82) is 0 Å². The molecule has 0 aliphatic rings. The molecule has 0 aliphatic heterocycles. The summed E-state index contributed by atoms with van der Waals surface area (Å²) < 4.78 is 8.92. The Kier molecular flexibility index (Phi) is 5.60. The van der Waals surface area contributed by atoms with Crippen molar-refractivity contribution in [2.45, 2.75) is 20.3 Å². The van der Waals surface area contributed by atoms with Gasteiger partial charge in [0.15, 0.2) is 0 Å². The highest BCUT2D eigenvalue weighted by molar-refractivity contribution is 6.13. The number of carbonyl (C=O) groups is 2. The summed E-state index contributed by atoms with van der Waals surface area (Å²) in [5, 5.41) is 0. The number of methoxy groups -OCH3 is 2. The molecular formula is C10H16O4. The molecule has 0 amide bonds. The summed E-state index contributed by atoms with van der Waals surface area (Å²) in [5.41, 5.74) is -0.0382. The van der Waals surface area contributed by atoms with Crippen LogP contribution in [0.25, 0.3) is 0 Å². The molecule has 0 unspecified atom stereocenters. The van der Waals surface area contributed by atoms with E-state index in [2.05, 4.69) is 9.47 Å². The molecular weight excluding hydrogens is 184 g/mol. The summed E-state index contributed by atoms with van der Waals surface area (Å²) in [6, 6.07) is 0. The lowest BCUT2D eigenvalue weighted by atomic mass is 10.1. The molecule has 0 fully saturated rings. The Bertz CT molecular complexity index is 223. The molecule has 0 radical (unpaired) electrons. The SMILES string of the molecule is COC(=O)C(=CCC(C)C)C(=O)OC. The molecule has 0 bridgehead atoms. The Morgan fingerprint density at radius 2 is 1.57 bits per heavy atom. The van der Waals surface area contributed by atoms with Gasteiger partial charge in [-0.25, -0.2) is 9.59 Å². The molecule has 0 aromatic carbocycles. The van der Waals surface area contributed by atoms with E-state index in [0.29, 0.717) is 12.3 Å². The maximum atomic E-state index is 11.1. The Morgan fingerprint density at radius 3 is 1.86 bits per heavy atom. The zero-order chi connectivity index (χ0) is 11.1. The van der Waals surface area contributed by atoms with Crippen LogP contribution in [0.3, 0.4) is 0 Å². The number of allylic oxidation sites excluding steroid dienone is 1. The van der Waals surface area contributed by atoms with Gasteiger partial charge in [-0.2, -0.15) is 0 Å². The number of esters is 2. The lowest BCUT2D eigenvalue weighted by Gasteiger charge is -2.04. The molecule has 80 valence electrons. The van der Waals surface area contributed by atoms with Gasteiger partial charge in [0, 0.05) is 0 Å². The minimum absolute atomic E-state index is 0.0382. The van der Waals surface area contributed by atoms with Gasteiger partial charge in [0.2, 0.25) is 0 Å². The first-order valence-corrected chi connectivity index (χ1v) is 4.39. The van der Waals surface area contributed by atoms with Crippen molar-refractivity contribution in [2.24, 2.45) is 5.92 Å². The van der Waals surface area contributed by atoms with Crippen molar-refractivity contribution in [3.05, 3.63) is 11.6 Å². The van der Waals surface area contributed by atoms with Gasteiger partial charge in [0.05, 0.1) is 14.2 Å². The van der Waals surface area contributed by atoms with E-state index in [1.165, 1.54) is 14.2 Å². The monoisotopic (exact) mass is 200 g/mol. The number of carbonyl (C=O) groups excluding carboxylic acids is 2. The van der Waals surface area contributed by atoms with Gasteiger partial charge in [-0.05, 0) is 12.3 Å². The summed E-state index contributed by atoms with van der Waals surface area (Å²) in [6.45, 7) is 3.98. The Hall–Kier alpha value is -1.32. The summed E-state index contributed by atoms with van der Waals surface area (Å²) in [7, 11) is 2.46. The highest BCUT2D eigenvalue weighted by Gasteiger charge is 2.18. The fourth-order valence-electron chi connectivity index (χ4n) is 0.823. The van der Waals surface area contributed by atoms with Crippen molar-refractivity contribution in [3.63, 3.8) is 0 Å². The van der Waals surface area contributed by atoms with Gasteiger partial charge in [-0.1, -0.05) is 19.9 Å². The predicted molar refractivity (Wildman–Crippen MR) is 51.6 cm³/mol.